The maximum atomic E-state index is 11.7. The second-order valence-corrected chi connectivity index (χ2v) is 8.50. The molecule has 0 saturated heterocycles. The van der Waals surface area contributed by atoms with Gasteiger partial charge in [0.05, 0.1) is 0 Å². The van der Waals surface area contributed by atoms with Gasteiger partial charge in [-0.05, 0) is 0 Å². The van der Waals surface area contributed by atoms with Gasteiger partial charge in [-0.1, -0.05) is 0 Å². The molecule has 0 heterocycles. The van der Waals surface area contributed by atoms with Gasteiger partial charge in [0.15, 0.2) is 0 Å². The molecule has 0 aromatic carbocycles. The van der Waals surface area contributed by atoms with Crippen LogP contribution in [0.3, 0.4) is 0 Å². The Morgan fingerprint density at radius 1 is 1.08 bits per heavy atom. The molecule has 0 N–H and O–H groups in total. The van der Waals surface area contributed by atoms with Crippen LogP contribution in [-0.2, 0) is 8.26 Å². The first-order valence-electron chi connectivity index (χ1n) is 2.04. The average molecular weight is 297 g/mol. The van der Waals surface area contributed by atoms with Gasteiger partial charge >= 0.3 is 73.9 Å². The van der Waals surface area contributed by atoms with Crippen molar-refractivity contribution in [1.82, 2.24) is 0 Å². The molecule has 0 rings (SSSR count). The second-order valence-electron chi connectivity index (χ2n) is 1.43. The normalized spacial score (nSPS) is 14.8. The molecule has 0 fully saturated rings. The molecule has 0 aliphatic rings. The van der Waals surface area contributed by atoms with Crippen LogP contribution >= 0.6 is 11.6 Å². The summed E-state index contributed by atoms with van der Waals surface area (Å²) >= 11 is 0.708. The molecule has 0 unspecified atom stereocenters. The molecule has 12 heavy (non-hydrogen) atoms. The Kier molecular flexibility index (Phi) is 3.39. The van der Waals surface area contributed by atoms with Crippen molar-refractivity contribution in [3.8, 4) is 0 Å². The third-order valence-electron chi connectivity index (χ3n) is 0.488. The Bertz CT molecular complexity index is 252. The molecule has 2 nitrogen and oxygen atoms in total. The van der Waals surface area contributed by atoms with Gasteiger partial charge in [-0.25, -0.2) is 0 Å². The molecule has 10 heteroatoms. The van der Waals surface area contributed by atoms with E-state index in [4.69, 9.17) is 0 Å². The quantitative estimate of drug-likeness (QED) is 0.438. The molecule has 0 spiro atoms. The summed E-state index contributed by atoms with van der Waals surface area (Å²) in [4.78, 5) is 0. The van der Waals surface area contributed by atoms with E-state index in [1.807, 2.05) is 0 Å². The van der Waals surface area contributed by atoms with Crippen molar-refractivity contribution >= 4 is 33.7 Å². The minimum absolute atomic E-state index is 3.22. The molecule has 0 amide bonds. The van der Waals surface area contributed by atoms with Crippen LogP contribution in [0.25, 0.3) is 0 Å². The second kappa shape index (κ2) is 3.28. The monoisotopic (exact) mass is 298 g/mol. The molecular weight excluding hydrogens is 297 g/mol. The first-order valence-corrected chi connectivity index (χ1v) is 6.78. The zero-order chi connectivity index (χ0) is 10.2. The summed E-state index contributed by atoms with van der Waals surface area (Å²) in [5.41, 5.74) is 0. The number of hydrogen-bond acceptors (Lipinski definition) is 2. The predicted octanol–water partition coefficient (Wildman–Crippen LogP) is 1.33. The van der Waals surface area contributed by atoms with Crippen molar-refractivity contribution in [1.29, 1.82) is 0 Å². The van der Waals surface area contributed by atoms with Gasteiger partial charge in [0.25, 0.3) is 0 Å². The van der Waals surface area contributed by atoms with Crippen molar-refractivity contribution in [2.45, 2.75) is 9.79 Å². The number of hydrogen-bond donors (Lipinski definition) is 0. The van der Waals surface area contributed by atoms with Crippen molar-refractivity contribution in [2.24, 2.45) is 0 Å². The summed E-state index contributed by atoms with van der Waals surface area (Å²) in [6, 6.07) is 0. The van der Waals surface area contributed by atoms with Gasteiger partial charge in [-0.15, -0.1) is 0 Å². The van der Waals surface area contributed by atoms with E-state index in [1.54, 1.807) is 0 Å². The van der Waals surface area contributed by atoms with Gasteiger partial charge in [0, 0.05) is 0 Å². The summed E-state index contributed by atoms with van der Waals surface area (Å²) < 4.78 is 72.8. The summed E-state index contributed by atoms with van der Waals surface area (Å²) in [7, 11) is -5.59. The van der Waals surface area contributed by atoms with Crippen LogP contribution in [0.4, 0.5) is 22.0 Å². The van der Waals surface area contributed by atoms with Crippen LogP contribution in [0.5, 0.6) is 0 Å². The van der Waals surface area contributed by atoms with E-state index >= 15 is 0 Å². The Hall–Kier alpha value is 0.409. The Morgan fingerprint density at radius 3 is 1.50 bits per heavy atom. The number of alkyl halides is 6. The van der Waals surface area contributed by atoms with E-state index in [2.05, 4.69) is 11.6 Å². The van der Waals surface area contributed by atoms with E-state index in [0.29, 0.717) is 0 Å². The third kappa shape index (κ3) is 3.88. The van der Waals surface area contributed by atoms with E-state index < -0.39 is 31.9 Å². The molecule has 0 radical (unpaired) electrons. The summed E-state index contributed by atoms with van der Waals surface area (Å²) in [6.07, 6.45) is 0. The zero-order valence-corrected chi connectivity index (χ0v) is 8.19. The van der Waals surface area contributed by atoms with E-state index in [0.717, 1.165) is 0 Å². The molecule has 74 valence electrons. The summed E-state index contributed by atoms with van der Waals surface area (Å²) in [6.45, 7) is 0. The van der Waals surface area contributed by atoms with E-state index in [-0.39, 0.29) is 0 Å². The van der Waals surface area contributed by atoms with Crippen LogP contribution < -0.4 is 0 Å². The third-order valence-corrected chi connectivity index (χ3v) is 6.58. The van der Waals surface area contributed by atoms with Gasteiger partial charge in [-0.2, -0.15) is 0 Å². The molecule has 0 aromatic heterocycles. The van der Waals surface area contributed by atoms with Crippen LogP contribution in [0.1, 0.15) is 0 Å². The molecule has 0 aliphatic carbocycles. The molecule has 0 saturated carbocycles. The fourth-order valence-electron chi connectivity index (χ4n) is 0.172. The predicted molar refractivity (Wildman–Crippen MR) is 31.5 cm³/mol. The zero-order valence-electron chi connectivity index (χ0n) is 4.90. The van der Waals surface area contributed by atoms with Crippen molar-refractivity contribution in [3.05, 3.63) is 0 Å². The van der Waals surface area contributed by atoms with Gasteiger partial charge in [0.1, 0.15) is 0 Å². The standard InChI is InChI=1S/C2ClF5O2SSe/c3-1(4,5)11(9,10)12-2(6,7)8. The topological polar surface area (TPSA) is 34.1 Å². The fourth-order valence-corrected chi connectivity index (χ4v) is 3.17. The SMILES string of the molecule is O=S(=O)([Se]C(F)(F)F)C(F)(F)Cl. The fraction of sp³-hybridized carbons (Fsp3) is 1.00. The van der Waals surface area contributed by atoms with Crippen LogP contribution in [-0.4, -0.2) is 32.0 Å². The van der Waals surface area contributed by atoms with Crippen molar-refractivity contribution in [2.75, 3.05) is 0 Å². The van der Waals surface area contributed by atoms with Crippen LogP contribution in [0, 0.1) is 0 Å². The van der Waals surface area contributed by atoms with E-state index in [1.165, 1.54) is 0 Å². The Labute approximate surface area is 74.2 Å². The molecule has 0 aromatic rings. The van der Waals surface area contributed by atoms with Crippen LogP contribution in [0.2, 0.25) is 0 Å². The van der Waals surface area contributed by atoms with Gasteiger partial charge in [0.2, 0.25) is 0 Å². The van der Waals surface area contributed by atoms with E-state index in [9.17, 15) is 30.4 Å². The van der Waals surface area contributed by atoms with Crippen molar-refractivity contribution < 1.29 is 30.4 Å². The van der Waals surface area contributed by atoms with Gasteiger partial charge < -0.3 is 0 Å². The summed E-state index contributed by atoms with van der Waals surface area (Å²) in [5.74, 6) is 0. The molecular formula is C2ClF5O2SSe. The minimum atomic E-state index is -5.59. The van der Waals surface area contributed by atoms with Crippen molar-refractivity contribution in [3.63, 3.8) is 0 Å². The number of rotatable bonds is 2. The number of halogens is 6. The first kappa shape index (κ1) is 12.4. The first-order chi connectivity index (χ1) is 4.96. The average Bonchev–Trinajstić information content (AvgIpc) is 1.52. The van der Waals surface area contributed by atoms with Crippen LogP contribution in [0.15, 0.2) is 0 Å². The Balaban J connectivity index is 4.70. The molecule has 0 bridgehead atoms. The van der Waals surface area contributed by atoms with Gasteiger partial charge in [-0.3, -0.25) is 0 Å². The molecule has 0 atom stereocenters. The Morgan fingerprint density at radius 2 is 1.42 bits per heavy atom. The molecule has 0 aliphatic heterocycles. The maximum absolute atomic E-state index is 11.7. The summed E-state index contributed by atoms with van der Waals surface area (Å²) in [5, 5.41) is -5.15.